The molecule has 0 spiro atoms. The summed E-state index contributed by atoms with van der Waals surface area (Å²) in [5, 5.41) is 2.11. The molecule has 170 valence electrons. The highest BCUT2D eigenvalue weighted by molar-refractivity contribution is 7.23. The average molecular weight is 493 g/mol. The molecule has 0 unspecified atom stereocenters. The lowest BCUT2D eigenvalue weighted by Gasteiger charge is -2.24. The van der Waals surface area contributed by atoms with Crippen LogP contribution in [0.5, 0.6) is 5.75 Å². The zero-order valence-corrected chi connectivity index (χ0v) is 20.6. The van der Waals surface area contributed by atoms with E-state index in [1.165, 1.54) is 11.3 Å². The number of nitrogens with one attached hydrogen (secondary N) is 1. The summed E-state index contributed by atoms with van der Waals surface area (Å²) in [5.74, 6) is 0.559. The SMILES string of the molecule is CCN(CC)CCN(C(=O)c1c[nH]c2ccccc12)c1nc2c(OC)ccc(Cl)c2s1.Cl. The van der Waals surface area contributed by atoms with Gasteiger partial charge in [0.2, 0.25) is 0 Å². The van der Waals surface area contributed by atoms with E-state index in [0.717, 1.165) is 35.2 Å². The zero-order chi connectivity index (χ0) is 22.0. The fourth-order valence-electron chi connectivity index (χ4n) is 3.68. The molecule has 1 N–H and O–H groups in total. The van der Waals surface area contributed by atoms with Crippen molar-refractivity contribution in [1.29, 1.82) is 0 Å². The molecule has 9 heteroatoms. The molecule has 2 aromatic heterocycles. The van der Waals surface area contributed by atoms with Gasteiger partial charge in [0, 0.05) is 30.2 Å². The van der Waals surface area contributed by atoms with Gasteiger partial charge in [0.1, 0.15) is 11.3 Å². The maximum atomic E-state index is 13.7. The molecule has 0 bridgehead atoms. The predicted octanol–water partition coefficient (Wildman–Crippen LogP) is 5.85. The van der Waals surface area contributed by atoms with Crippen molar-refractivity contribution in [1.82, 2.24) is 14.9 Å². The lowest BCUT2D eigenvalue weighted by molar-refractivity contribution is 0.0985. The number of carbonyl (C=O) groups is 1. The third kappa shape index (κ3) is 4.57. The summed E-state index contributed by atoms with van der Waals surface area (Å²) in [4.78, 5) is 25.7. The maximum absolute atomic E-state index is 13.7. The van der Waals surface area contributed by atoms with Crippen LogP contribution in [0.25, 0.3) is 21.1 Å². The van der Waals surface area contributed by atoms with E-state index < -0.39 is 0 Å². The van der Waals surface area contributed by atoms with Gasteiger partial charge in [0.25, 0.3) is 5.91 Å². The summed E-state index contributed by atoms with van der Waals surface area (Å²) in [6.07, 6.45) is 1.78. The number of anilines is 1. The molecular weight excluding hydrogens is 467 g/mol. The predicted molar refractivity (Wildman–Crippen MR) is 136 cm³/mol. The number of nitrogens with zero attached hydrogens (tertiary/aromatic N) is 3. The first kappa shape index (κ1) is 24.3. The minimum absolute atomic E-state index is 0. The molecule has 1 amide bonds. The molecule has 6 nitrogen and oxygen atoms in total. The van der Waals surface area contributed by atoms with Crippen molar-refractivity contribution in [2.45, 2.75) is 13.8 Å². The van der Waals surface area contributed by atoms with Crippen LogP contribution in [0.4, 0.5) is 5.13 Å². The lowest BCUT2D eigenvalue weighted by Crippen LogP contribution is -2.38. The Morgan fingerprint density at radius 3 is 2.62 bits per heavy atom. The zero-order valence-electron chi connectivity index (χ0n) is 18.2. The van der Waals surface area contributed by atoms with Gasteiger partial charge in [-0.25, -0.2) is 4.98 Å². The number of para-hydroxylation sites is 1. The van der Waals surface area contributed by atoms with Crippen molar-refractivity contribution < 1.29 is 9.53 Å². The molecule has 0 radical (unpaired) electrons. The highest BCUT2D eigenvalue weighted by atomic mass is 35.5. The average Bonchev–Trinajstić information content (AvgIpc) is 3.42. The molecule has 0 atom stereocenters. The van der Waals surface area contributed by atoms with E-state index in [2.05, 4.69) is 23.7 Å². The number of halogens is 2. The third-order valence-electron chi connectivity index (χ3n) is 5.50. The van der Waals surface area contributed by atoms with Gasteiger partial charge in [-0.15, -0.1) is 12.4 Å². The fourth-order valence-corrected chi connectivity index (χ4v) is 4.96. The summed E-state index contributed by atoms with van der Waals surface area (Å²) in [5.41, 5.74) is 2.24. The molecule has 0 aliphatic carbocycles. The van der Waals surface area contributed by atoms with E-state index in [4.69, 9.17) is 21.3 Å². The van der Waals surface area contributed by atoms with Gasteiger partial charge in [-0.2, -0.15) is 0 Å². The van der Waals surface area contributed by atoms with Gasteiger partial charge < -0.3 is 14.6 Å². The van der Waals surface area contributed by atoms with Crippen LogP contribution in [0.1, 0.15) is 24.2 Å². The Morgan fingerprint density at radius 2 is 1.91 bits per heavy atom. The largest absolute Gasteiger partial charge is 0.494 e. The molecule has 0 fully saturated rings. The fraction of sp³-hybridized carbons (Fsp3) is 0.304. The Morgan fingerprint density at radius 1 is 1.16 bits per heavy atom. The number of benzene rings is 2. The molecule has 32 heavy (non-hydrogen) atoms. The van der Waals surface area contributed by atoms with Crippen molar-refractivity contribution in [3.63, 3.8) is 0 Å². The van der Waals surface area contributed by atoms with Crippen LogP contribution in [-0.2, 0) is 0 Å². The Kier molecular flexibility index (Phi) is 8.00. The van der Waals surface area contributed by atoms with Crippen LogP contribution in [-0.4, -0.2) is 54.1 Å². The first-order chi connectivity index (χ1) is 15.1. The Labute approximate surface area is 202 Å². The molecule has 2 heterocycles. The number of carbonyl (C=O) groups excluding carboxylic acids is 1. The van der Waals surface area contributed by atoms with Gasteiger partial charge in [0.05, 0.1) is 22.4 Å². The number of likely N-dealkylation sites (N-methyl/N-ethyl adjacent to an activating group) is 1. The van der Waals surface area contributed by atoms with E-state index in [9.17, 15) is 4.79 Å². The number of aromatic amines is 1. The smallest absolute Gasteiger partial charge is 0.262 e. The topological polar surface area (TPSA) is 61.5 Å². The monoisotopic (exact) mass is 492 g/mol. The number of ether oxygens (including phenoxy) is 1. The maximum Gasteiger partial charge on any atom is 0.262 e. The van der Waals surface area contributed by atoms with Crippen LogP contribution in [0.3, 0.4) is 0 Å². The number of methoxy groups -OCH3 is 1. The van der Waals surface area contributed by atoms with Crippen LogP contribution >= 0.6 is 35.3 Å². The third-order valence-corrected chi connectivity index (χ3v) is 7.04. The number of thiazole rings is 1. The number of hydrogen-bond donors (Lipinski definition) is 1. The van der Waals surface area contributed by atoms with Crippen LogP contribution in [0, 0.1) is 0 Å². The molecule has 0 aliphatic heterocycles. The normalized spacial score (nSPS) is 11.2. The lowest BCUT2D eigenvalue weighted by atomic mass is 10.1. The molecule has 4 rings (SSSR count). The highest BCUT2D eigenvalue weighted by Crippen LogP contribution is 2.39. The van der Waals surface area contributed by atoms with Gasteiger partial charge in [0.15, 0.2) is 5.13 Å². The number of amides is 1. The molecule has 2 aromatic carbocycles. The number of fused-ring (bicyclic) bond motifs is 2. The van der Waals surface area contributed by atoms with E-state index >= 15 is 0 Å². The van der Waals surface area contributed by atoms with Gasteiger partial charge in [-0.3, -0.25) is 9.69 Å². The number of aromatic nitrogens is 2. The van der Waals surface area contributed by atoms with E-state index in [1.54, 1.807) is 30.3 Å². The number of hydrogen-bond acceptors (Lipinski definition) is 5. The second kappa shape index (κ2) is 10.5. The highest BCUT2D eigenvalue weighted by Gasteiger charge is 2.25. The quantitative estimate of drug-likeness (QED) is 0.335. The van der Waals surface area contributed by atoms with Gasteiger partial charge >= 0.3 is 0 Å². The minimum atomic E-state index is -0.0845. The Balaban J connectivity index is 0.00000289. The molecule has 0 aliphatic rings. The second-order valence-electron chi connectivity index (χ2n) is 7.16. The number of H-pyrrole nitrogens is 1. The molecule has 0 saturated carbocycles. The first-order valence-corrected chi connectivity index (χ1v) is 11.5. The first-order valence-electron chi connectivity index (χ1n) is 10.3. The van der Waals surface area contributed by atoms with Crippen molar-refractivity contribution in [3.8, 4) is 5.75 Å². The van der Waals surface area contributed by atoms with E-state index in [0.29, 0.717) is 33.5 Å². The summed E-state index contributed by atoms with van der Waals surface area (Å²) < 4.78 is 6.28. The standard InChI is InChI=1S/C23H25ClN4O2S.ClH/c1-4-27(5-2)12-13-28(22(29)16-14-25-18-9-7-6-8-15(16)18)23-26-20-19(30-3)11-10-17(24)21(20)31-23;/h6-11,14,25H,4-5,12-13H2,1-3H3;1H. The number of rotatable bonds is 8. The van der Waals surface area contributed by atoms with E-state index in [1.807, 2.05) is 24.3 Å². The van der Waals surface area contributed by atoms with Crippen LogP contribution in [0.15, 0.2) is 42.6 Å². The van der Waals surface area contributed by atoms with E-state index in [-0.39, 0.29) is 18.3 Å². The minimum Gasteiger partial charge on any atom is -0.494 e. The molecule has 0 saturated heterocycles. The Hall–Kier alpha value is -2.32. The van der Waals surface area contributed by atoms with Gasteiger partial charge in [-0.1, -0.05) is 55.0 Å². The molecular formula is C23H26Cl2N4O2S. The summed E-state index contributed by atoms with van der Waals surface area (Å²) in [6.45, 7) is 7.37. The summed E-state index contributed by atoms with van der Waals surface area (Å²) in [6, 6.07) is 11.4. The molecule has 4 aromatic rings. The van der Waals surface area contributed by atoms with Crippen molar-refractivity contribution in [3.05, 3.63) is 53.2 Å². The summed E-state index contributed by atoms with van der Waals surface area (Å²) >= 11 is 7.84. The summed E-state index contributed by atoms with van der Waals surface area (Å²) in [7, 11) is 1.61. The Bertz CT molecular complexity index is 1220. The van der Waals surface area contributed by atoms with Gasteiger partial charge in [-0.05, 0) is 31.3 Å². The second-order valence-corrected chi connectivity index (χ2v) is 8.54. The van der Waals surface area contributed by atoms with Crippen LogP contribution in [0.2, 0.25) is 5.02 Å². The van der Waals surface area contributed by atoms with Crippen molar-refractivity contribution in [2.75, 3.05) is 38.2 Å². The van der Waals surface area contributed by atoms with Crippen molar-refractivity contribution in [2.24, 2.45) is 0 Å². The van der Waals surface area contributed by atoms with Crippen molar-refractivity contribution >= 4 is 67.5 Å². The van der Waals surface area contributed by atoms with Crippen LogP contribution < -0.4 is 9.64 Å².